The second-order valence-electron chi connectivity index (χ2n) is 7.39. The van der Waals surface area contributed by atoms with Gasteiger partial charge in [-0.3, -0.25) is 4.79 Å². The minimum absolute atomic E-state index is 0.0000173. The third kappa shape index (κ3) is 6.86. The second-order valence-corrected chi connectivity index (χ2v) is 10.3. The Labute approximate surface area is 155 Å². The van der Waals surface area contributed by atoms with Gasteiger partial charge in [0, 0.05) is 12.8 Å². The van der Waals surface area contributed by atoms with E-state index in [-0.39, 0.29) is 29.9 Å². The summed E-state index contributed by atoms with van der Waals surface area (Å²) >= 11 is 0. The van der Waals surface area contributed by atoms with Gasteiger partial charge in [0.15, 0.2) is 9.84 Å². The summed E-state index contributed by atoms with van der Waals surface area (Å²) in [5, 5.41) is 0. The van der Waals surface area contributed by atoms with Crippen molar-refractivity contribution in [3.8, 4) is 0 Å². The minimum Gasteiger partial charge on any atom is -0.299 e. The van der Waals surface area contributed by atoms with Crippen LogP contribution in [-0.2, 0) is 27.2 Å². The van der Waals surface area contributed by atoms with Crippen LogP contribution in [0.3, 0.4) is 0 Å². The molecule has 0 N–H and O–H groups in total. The van der Waals surface area contributed by atoms with Crippen LogP contribution in [0.5, 0.6) is 0 Å². The van der Waals surface area contributed by atoms with E-state index in [1.165, 1.54) is 0 Å². The van der Waals surface area contributed by atoms with Gasteiger partial charge in [0.05, 0.1) is 10.5 Å². The van der Waals surface area contributed by atoms with Gasteiger partial charge in [-0.2, -0.15) is 13.2 Å². The molecule has 1 aromatic rings. The summed E-state index contributed by atoms with van der Waals surface area (Å²) in [5.41, 5.74) is -2.14. The average Bonchev–Trinajstić information content (AvgIpc) is 2.42. The zero-order valence-electron chi connectivity index (χ0n) is 15.4. The smallest absolute Gasteiger partial charge is 0.299 e. The molecule has 1 rings (SSSR count). The van der Waals surface area contributed by atoms with Gasteiger partial charge in [-0.15, -0.1) is 0 Å². The molecule has 0 aromatic heterocycles. The van der Waals surface area contributed by atoms with E-state index >= 15 is 0 Å². The maximum Gasteiger partial charge on any atom is 0.422 e. The minimum atomic E-state index is -5.15. The molecule has 0 saturated heterocycles. The fourth-order valence-corrected chi connectivity index (χ4v) is 3.61. The van der Waals surface area contributed by atoms with Gasteiger partial charge in [0.25, 0.3) is 0 Å². The number of unbranched alkanes of at least 4 members (excludes halogenated alkanes) is 2. The number of hydrogen-bond acceptors (Lipinski definition) is 3. The number of rotatable bonds is 8. The molecule has 0 aliphatic carbocycles. The lowest BCUT2D eigenvalue weighted by Gasteiger charge is -2.18. The fourth-order valence-electron chi connectivity index (χ4n) is 2.41. The predicted octanol–water partition coefficient (Wildman–Crippen LogP) is 4.87. The fraction of sp³-hybridized carbons (Fsp3) is 0.611. The average molecular weight is 414 g/mol. The topological polar surface area (TPSA) is 51.2 Å². The van der Waals surface area contributed by atoms with Crippen LogP contribution in [0.4, 0.5) is 22.0 Å². The van der Waals surface area contributed by atoms with Crippen LogP contribution in [0.15, 0.2) is 12.1 Å². The second kappa shape index (κ2) is 8.67. The summed E-state index contributed by atoms with van der Waals surface area (Å²) in [6, 6.07) is 1.03. The molecule has 0 heterocycles. The molecule has 1 aromatic carbocycles. The van der Waals surface area contributed by atoms with Crippen LogP contribution in [0.1, 0.15) is 57.6 Å². The number of carbonyl (C=O) groups excluding carboxylic acids is 1. The van der Waals surface area contributed by atoms with Crippen LogP contribution in [0.25, 0.3) is 0 Å². The monoisotopic (exact) mass is 414 g/mol. The normalized spacial score (nSPS) is 13.0. The molecule has 27 heavy (non-hydrogen) atoms. The van der Waals surface area contributed by atoms with Crippen LogP contribution >= 0.6 is 0 Å². The number of sulfone groups is 1. The maximum atomic E-state index is 13.5. The SMILES string of the molecule is CC(C)(C)S(=O)(=O)CCCCCC(=O)Cc1cc(F)c(C(F)(F)F)c(F)c1. The van der Waals surface area contributed by atoms with E-state index in [0.29, 0.717) is 31.4 Å². The summed E-state index contributed by atoms with van der Waals surface area (Å²) in [6.07, 6.45) is -4.21. The number of carbonyl (C=O) groups is 1. The first-order valence-electron chi connectivity index (χ1n) is 8.44. The Morgan fingerprint density at radius 2 is 1.48 bits per heavy atom. The number of halogens is 5. The number of Topliss-reactive ketones (excluding diaryl/α,β-unsaturated/α-hetero) is 1. The maximum absolute atomic E-state index is 13.5. The van der Waals surface area contributed by atoms with E-state index in [0.717, 1.165) is 0 Å². The van der Waals surface area contributed by atoms with Gasteiger partial charge >= 0.3 is 6.18 Å². The lowest BCUT2D eigenvalue weighted by atomic mass is 10.0. The first-order chi connectivity index (χ1) is 12.1. The Bertz CT molecular complexity index is 754. The van der Waals surface area contributed by atoms with E-state index in [2.05, 4.69) is 0 Å². The molecular formula is C18H23F5O3S. The Morgan fingerprint density at radius 1 is 0.963 bits per heavy atom. The Balaban J connectivity index is 2.53. The largest absolute Gasteiger partial charge is 0.422 e. The van der Waals surface area contributed by atoms with Crippen molar-refractivity contribution in [1.29, 1.82) is 0 Å². The van der Waals surface area contributed by atoms with Gasteiger partial charge in [-0.05, 0) is 51.3 Å². The van der Waals surface area contributed by atoms with E-state index < -0.39 is 38.0 Å². The van der Waals surface area contributed by atoms with Crippen molar-refractivity contribution in [1.82, 2.24) is 0 Å². The number of benzene rings is 1. The molecule has 0 radical (unpaired) electrons. The summed E-state index contributed by atoms with van der Waals surface area (Å²) in [4.78, 5) is 11.9. The van der Waals surface area contributed by atoms with Gasteiger partial charge in [0.2, 0.25) is 0 Å². The van der Waals surface area contributed by atoms with E-state index in [1.54, 1.807) is 20.8 Å². The molecule has 0 bridgehead atoms. The first kappa shape index (κ1) is 23.5. The highest BCUT2D eigenvalue weighted by atomic mass is 32.2. The lowest BCUT2D eigenvalue weighted by molar-refractivity contribution is -0.142. The van der Waals surface area contributed by atoms with Gasteiger partial charge in [-0.1, -0.05) is 6.42 Å². The van der Waals surface area contributed by atoms with Gasteiger partial charge < -0.3 is 0 Å². The van der Waals surface area contributed by atoms with Gasteiger partial charge in [-0.25, -0.2) is 17.2 Å². The molecule has 0 unspecified atom stereocenters. The molecule has 0 atom stereocenters. The molecule has 0 spiro atoms. The molecule has 0 amide bonds. The molecule has 9 heteroatoms. The molecule has 154 valence electrons. The van der Waals surface area contributed by atoms with Crippen molar-refractivity contribution in [2.24, 2.45) is 0 Å². The number of hydrogen-bond donors (Lipinski definition) is 0. The van der Waals surface area contributed by atoms with Crippen molar-refractivity contribution >= 4 is 15.6 Å². The zero-order valence-corrected chi connectivity index (χ0v) is 16.2. The standard InChI is InChI=1S/C18H23F5O3S/c1-17(2,3)27(25,26)8-6-4-5-7-13(24)9-12-10-14(19)16(15(20)11-12)18(21,22)23/h10-11H,4-9H2,1-3H3. The molecule has 0 aliphatic rings. The highest BCUT2D eigenvalue weighted by molar-refractivity contribution is 7.92. The molecule has 0 fully saturated rings. The van der Waals surface area contributed by atoms with Gasteiger partial charge in [0.1, 0.15) is 23.0 Å². The van der Waals surface area contributed by atoms with Crippen molar-refractivity contribution in [3.05, 3.63) is 34.9 Å². The van der Waals surface area contributed by atoms with Crippen molar-refractivity contribution in [2.75, 3.05) is 5.75 Å². The molecule has 3 nitrogen and oxygen atoms in total. The summed E-state index contributed by atoms with van der Waals surface area (Å²) < 4.78 is 87.5. The van der Waals surface area contributed by atoms with Crippen LogP contribution < -0.4 is 0 Å². The molecule has 0 saturated carbocycles. The van der Waals surface area contributed by atoms with Crippen LogP contribution in [0, 0.1) is 11.6 Å². The van der Waals surface area contributed by atoms with Crippen LogP contribution in [-0.4, -0.2) is 24.7 Å². The van der Waals surface area contributed by atoms with E-state index in [9.17, 15) is 35.2 Å². The Kier molecular flexibility index (Phi) is 7.55. The van der Waals surface area contributed by atoms with Crippen molar-refractivity contribution in [3.63, 3.8) is 0 Å². The van der Waals surface area contributed by atoms with E-state index in [4.69, 9.17) is 0 Å². The summed E-state index contributed by atoms with van der Waals surface area (Å²) in [6.45, 7) is 4.82. The van der Waals surface area contributed by atoms with Crippen LogP contribution in [0.2, 0.25) is 0 Å². The Morgan fingerprint density at radius 3 is 1.93 bits per heavy atom. The third-order valence-corrected chi connectivity index (χ3v) is 6.78. The lowest BCUT2D eigenvalue weighted by Crippen LogP contribution is -2.30. The zero-order chi connectivity index (χ0) is 21.0. The van der Waals surface area contributed by atoms with Crippen molar-refractivity contribution < 1.29 is 35.2 Å². The summed E-state index contributed by atoms with van der Waals surface area (Å²) in [5.74, 6) is -3.89. The predicted molar refractivity (Wildman–Crippen MR) is 92.1 cm³/mol. The quantitative estimate of drug-likeness (QED) is 0.451. The van der Waals surface area contributed by atoms with Crippen molar-refractivity contribution in [2.45, 2.75) is 63.8 Å². The molecular weight excluding hydrogens is 391 g/mol. The highest BCUT2D eigenvalue weighted by Crippen LogP contribution is 2.34. The summed E-state index contributed by atoms with van der Waals surface area (Å²) in [7, 11) is -3.23. The van der Waals surface area contributed by atoms with E-state index in [1.807, 2.05) is 0 Å². The number of alkyl halides is 3. The highest BCUT2D eigenvalue weighted by Gasteiger charge is 2.38. The first-order valence-corrected chi connectivity index (χ1v) is 10.1. The Hall–Kier alpha value is -1.51. The number of ketones is 1. The molecule has 0 aliphatic heterocycles. The third-order valence-electron chi connectivity index (χ3n) is 4.09.